The van der Waals surface area contributed by atoms with Crippen molar-refractivity contribution < 1.29 is 9.47 Å². The van der Waals surface area contributed by atoms with Gasteiger partial charge in [0.05, 0.1) is 6.61 Å². The van der Waals surface area contributed by atoms with E-state index in [1.165, 1.54) is 18.4 Å². The Morgan fingerprint density at radius 3 is 2.60 bits per heavy atom. The summed E-state index contributed by atoms with van der Waals surface area (Å²) in [6.45, 7) is 4.89. The molecular weight excluding hydrogens is 316 g/mol. The van der Waals surface area contributed by atoms with Crippen molar-refractivity contribution in [1.29, 1.82) is 0 Å². The minimum Gasteiger partial charge on any atom is -0.383 e. The minimum atomic E-state index is 0.705. The van der Waals surface area contributed by atoms with Crippen molar-refractivity contribution in [3.63, 3.8) is 0 Å². The van der Waals surface area contributed by atoms with Gasteiger partial charge >= 0.3 is 0 Å². The van der Waals surface area contributed by atoms with Crippen LogP contribution < -0.4 is 16.0 Å². The van der Waals surface area contributed by atoms with Crippen LogP contribution in [0.1, 0.15) is 24.8 Å². The third-order valence-electron chi connectivity index (χ3n) is 4.08. The van der Waals surface area contributed by atoms with Gasteiger partial charge in [-0.05, 0) is 42.9 Å². The first-order valence-electron chi connectivity index (χ1n) is 9.16. The lowest BCUT2D eigenvalue weighted by Gasteiger charge is -2.12. The molecule has 6 nitrogen and oxygen atoms in total. The van der Waals surface area contributed by atoms with Crippen LogP contribution in [-0.2, 0) is 16.0 Å². The van der Waals surface area contributed by atoms with Crippen molar-refractivity contribution in [3.8, 4) is 0 Å². The standard InChI is InChI=1S/C19H32N4O2/c1-20-19(22-10-3-12-25-15-17-4-5-17)23-14-16-6-8-18(9-7-16)21-11-13-24-2/h6-9,17,21H,3-5,10-15H2,1-2H3,(H2,20,22,23). The summed E-state index contributed by atoms with van der Waals surface area (Å²) in [5, 5.41) is 9.97. The minimum absolute atomic E-state index is 0.705. The molecule has 25 heavy (non-hydrogen) atoms. The summed E-state index contributed by atoms with van der Waals surface area (Å²) >= 11 is 0. The highest BCUT2D eigenvalue weighted by Gasteiger charge is 2.20. The SMILES string of the molecule is CN=C(NCCCOCC1CC1)NCc1ccc(NCCOC)cc1. The van der Waals surface area contributed by atoms with Gasteiger partial charge in [0, 0.05) is 52.7 Å². The molecule has 0 aliphatic heterocycles. The maximum Gasteiger partial charge on any atom is 0.191 e. The normalized spacial score (nSPS) is 14.4. The van der Waals surface area contributed by atoms with Crippen molar-refractivity contribution >= 4 is 11.6 Å². The van der Waals surface area contributed by atoms with Crippen LogP contribution in [0.5, 0.6) is 0 Å². The summed E-state index contributed by atoms with van der Waals surface area (Å²) in [6, 6.07) is 8.39. The maximum absolute atomic E-state index is 5.63. The summed E-state index contributed by atoms with van der Waals surface area (Å²) in [6.07, 6.45) is 3.69. The van der Waals surface area contributed by atoms with Crippen LogP contribution in [0.2, 0.25) is 0 Å². The van der Waals surface area contributed by atoms with E-state index in [0.717, 1.165) is 56.8 Å². The van der Waals surface area contributed by atoms with Crippen LogP contribution >= 0.6 is 0 Å². The predicted molar refractivity (Wildman–Crippen MR) is 103 cm³/mol. The highest BCUT2D eigenvalue weighted by molar-refractivity contribution is 5.79. The van der Waals surface area contributed by atoms with Crippen molar-refractivity contribution in [2.75, 3.05) is 52.4 Å². The van der Waals surface area contributed by atoms with E-state index < -0.39 is 0 Å². The molecule has 6 heteroatoms. The molecule has 1 aromatic carbocycles. The molecule has 140 valence electrons. The van der Waals surface area contributed by atoms with Gasteiger partial charge < -0.3 is 25.4 Å². The van der Waals surface area contributed by atoms with Gasteiger partial charge in [-0.25, -0.2) is 0 Å². The number of aliphatic imine (C=N–C) groups is 1. The lowest BCUT2D eigenvalue weighted by atomic mass is 10.2. The van der Waals surface area contributed by atoms with Gasteiger partial charge in [0.15, 0.2) is 5.96 Å². The third kappa shape index (κ3) is 8.74. The molecule has 0 aromatic heterocycles. The molecule has 2 rings (SSSR count). The monoisotopic (exact) mass is 348 g/mol. The Labute approximate surface area is 151 Å². The number of guanidine groups is 1. The van der Waals surface area contributed by atoms with Gasteiger partial charge in [-0.2, -0.15) is 0 Å². The lowest BCUT2D eigenvalue weighted by Crippen LogP contribution is -2.37. The van der Waals surface area contributed by atoms with Crippen molar-refractivity contribution in [1.82, 2.24) is 10.6 Å². The first kappa shape index (κ1) is 19.5. The molecule has 1 fully saturated rings. The largest absolute Gasteiger partial charge is 0.383 e. The van der Waals surface area contributed by atoms with Gasteiger partial charge in [-0.1, -0.05) is 12.1 Å². The fourth-order valence-electron chi connectivity index (χ4n) is 2.36. The molecule has 1 aliphatic carbocycles. The molecule has 0 bridgehead atoms. The van der Waals surface area contributed by atoms with E-state index in [1.54, 1.807) is 14.2 Å². The summed E-state index contributed by atoms with van der Waals surface area (Å²) in [5.41, 5.74) is 2.32. The first-order valence-corrected chi connectivity index (χ1v) is 9.16. The van der Waals surface area contributed by atoms with E-state index >= 15 is 0 Å². The molecule has 1 aromatic rings. The Balaban J connectivity index is 1.57. The van der Waals surface area contributed by atoms with E-state index in [9.17, 15) is 0 Å². The van der Waals surface area contributed by atoms with E-state index in [1.807, 2.05) is 0 Å². The van der Waals surface area contributed by atoms with Crippen molar-refractivity contribution in [2.45, 2.75) is 25.8 Å². The fraction of sp³-hybridized carbons (Fsp3) is 0.632. The van der Waals surface area contributed by atoms with E-state index in [-0.39, 0.29) is 0 Å². The molecule has 0 radical (unpaired) electrons. The average molecular weight is 348 g/mol. The number of nitrogens with zero attached hydrogens (tertiary/aromatic N) is 1. The van der Waals surface area contributed by atoms with Gasteiger partial charge in [0.2, 0.25) is 0 Å². The molecule has 0 unspecified atom stereocenters. The second-order valence-corrected chi connectivity index (χ2v) is 6.34. The Kier molecular flexibility index (Phi) is 9.15. The van der Waals surface area contributed by atoms with Gasteiger partial charge in [0.25, 0.3) is 0 Å². The number of benzene rings is 1. The highest BCUT2D eigenvalue weighted by Crippen LogP contribution is 2.28. The summed E-state index contributed by atoms with van der Waals surface area (Å²) in [5.74, 6) is 1.66. The van der Waals surface area contributed by atoms with Gasteiger partial charge in [0.1, 0.15) is 0 Å². The summed E-state index contributed by atoms with van der Waals surface area (Å²) < 4.78 is 10.7. The number of methoxy groups -OCH3 is 1. The number of hydrogen-bond acceptors (Lipinski definition) is 4. The summed E-state index contributed by atoms with van der Waals surface area (Å²) in [4.78, 5) is 4.25. The number of nitrogens with one attached hydrogen (secondary N) is 3. The zero-order valence-electron chi connectivity index (χ0n) is 15.5. The third-order valence-corrected chi connectivity index (χ3v) is 4.08. The van der Waals surface area contributed by atoms with Crippen LogP contribution in [0.3, 0.4) is 0 Å². The second kappa shape index (κ2) is 11.7. The Morgan fingerprint density at radius 1 is 1.12 bits per heavy atom. The lowest BCUT2D eigenvalue weighted by molar-refractivity contribution is 0.123. The zero-order valence-corrected chi connectivity index (χ0v) is 15.5. The number of rotatable bonds is 12. The smallest absolute Gasteiger partial charge is 0.191 e. The Bertz CT molecular complexity index is 501. The van der Waals surface area contributed by atoms with Crippen LogP contribution in [0, 0.1) is 5.92 Å². The molecule has 3 N–H and O–H groups in total. The Morgan fingerprint density at radius 2 is 1.92 bits per heavy atom. The summed E-state index contributed by atoms with van der Waals surface area (Å²) in [7, 11) is 3.50. The Hall–Kier alpha value is -1.79. The first-order chi connectivity index (χ1) is 12.3. The number of hydrogen-bond donors (Lipinski definition) is 3. The fourth-order valence-corrected chi connectivity index (χ4v) is 2.36. The maximum atomic E-state index is 5.63. The number of ether oxygens (including phenoxy) is 2. The average Bonchev–Trinajstić information content (AvgIpc) is 3.46. The molecule has 1 aliphatic rings. The molecule has 0 atom stereocenters. The second-order valence-electron chi connectivity index (χ2n) is 6.34. The van der Waals surface area contributed by atoms with Crippen LogP contribution in [0.25, 0.3) is 0 Å². The molecule has 0 amide bonds. The van der Waals surface area contributed by atoms with Crippen LogP contribution in [-0.4, -0.2) is 53.0 Å². The van der Waals surface area contributed by atoms with E-state index in [2.05, 4.69) is 45.2 Å². The molecule has 0 heterocycles. The molecular formula is C19H32N4O2. The number of anilines is 1. The van der Waals surface area contributed by atoms with E-state index in [0.29, 0.717) is 6.61 Å². The van der Waals surface area contributed by atoms with Gasteiger partial charge in [-0.15, -0.1) is 0 Å². The van der Waals surface area contributed by atoms with Crippen molar-refractivity contribution in [2.24, 2.45) is 10.9 Å². The zero-order chi connectivity index (χ0) is 17.7. The topological polar surface area (TPSA) is 66.9 Å². The highest BCUT2D eigenvalue weighted by atomic mass is 16.5. The van der Waals surface area contributed by atoms with E-state index in [4.69, 9.17) is 9.47 Å². The van der Waals surface area contributed by atoms with Crippen LogP contribution in [0.15, 0.2) is 29.3 Å². The van der Waals surface area contributed by atoms with Crippen LogP contribution in [0.4, 0.5) is 5.69 Å². The van der Waals surface area contributed by atoms with Crippen molar-refractivity contribution in [3.05, 3.63) is 29.8 Å². The quantitative estimate of drug-likeness (QED) is 0.307. The van der Waals surface area contributed by atoms with Gasteiger partial charge in [-0.3, -0.25) is 4.99 Å². The predicted octanol–water partition coefficient (Wildman–Crippen LogP) is 2.23. The molecule has 0 saturated heterocycles. The molecule has 0 spiro atoms. The molecule has 1 saturated carbocycles.